The van der Waals surface area contributed by atoms with Crippen LogP contribution in [0, 0.1) is 0 Å². The normalized spacial score (nSPS) is 10.7. The van der Waals surface area contributed by atoms with Crippen molar-refractivity contribution in [1.29, 1.82) is 0 Å². The summed E-state index contributed by atoms with van der Waals surface area (Å²) in [6.45, 7) is 0. The van der Waals surface area contributed by atoms with Gasteiger partial charge in [-0.2, -0.15) is 0 Å². The topological polar surface area (TPSA) is 67.8 Å². The third-order valence-corrected chi connectivity index (χ3v) is 3.70. The molecule has 2 aromatic heterocycles. The van der Waals surface area contributed by atoms with Gasteiger partial charge in [0.25, 0.3) is 0 Å². The maximum absolute atomic E-state index is 11.9. The lowest BCUT2D eigenvalue weighted by molar-refractivity contribution is -0.111. The van der Waals surface area contributed by atoms with Crippen molar-refractivity contribution in [3.63, 3.8) is 0 Å². The van der Waals surface area contributed by atoms with Crippen LogP contribution < -0.4 is 5.32 Å². The van der Waals surface area contributed by atoms with Crippen molar-refractivity contribution in [3.8, 4) is 10.6 Å². The summed E-state index contributed by atoms with van der Waals surface area (Å²) in [5.74, 6) is -0.235. The van der Waals surface area contributed by atoms with Gasteiger partial charge in [0.05, 0.1) is 0 Å². The second-order valence-electron chi connectivity index (χ2n) is 4.38. The molecule has 1 amide bonds. The quantitative estimate of drug-likeness (QED) is 0.751. The predicted octanol–water partition coefficient (Wildman–Crippen LogP) is 3.25. The molecule has 1 aromatic carbocycles. The predicted molar refractivity (Wildman–Crippen MR) is 87.2 cm³/mol. The summed E-state index contributed by atoms with van der Waals surface area (Å²) in [7, 11) is 0. The van der Waals surface area contributed by atoms with Crippen LogP contribution in [0.15, 0.2) is 60.9 Å². The zero-order chi connectivity index (χ0) is 15.2. The Hall–Kier alpha value is -2.86. The SMILES string of the molecule is O=C(C=Cc1ccccc1)Nc1nnc(-c2ccncc2)s1. The van der Waals surface area contributed by atoms with Gasteiger partial charge >= 0.3 is 0 Å². The van der Waals surface area contributed by atoms with Crippen LogP contribution in [0.1, 0.15) is 5.56 Å². The molecule has 3 rings (SSSR count). The van der Waals surface area contributed by atoms with E-state index in [0.29, 0.717) is 5.13 Å². The number of pyridine rings is 1. The monoisotopic (exact) mass is 308 g/mol. The first kappa shape index (κ1) is 14.1. The fraction of sp³-hybridized carbons (Fsp3) is 0. The van der Waals surface area contributed by atoms with Crippen molar-refractivity contribution >= 4 is 28.5 Å². The number of carbonyl (C=O) groups excluding carboxylic acids is 1. The lowest BCUT2D eigenvalue weighted by atomic mass is 10.2. The van der Waals surface area contributed by atoms with Crippen LogP contribution in [0.3, 0.4) is 0 Å². The molecule has 2 heterocycles. The van der Waals surface area contributed by atoms with E-state index in [1.165, 1.54) is 17.4 Å². The Kier molecular flexibility index (Phi) is 4.31. The van der Waals surface area contributed by atoms with Gasteiger partial charge in [-0.3, -0.25) is 15.1 Å². The molecule has 0 aliphatic heterocycles. The zero-order valence-corrected chi connectivity index (χ0v) is 12.3. The molecule has 3 aromatic rings. The van der Waals surface area contributed by atoms with Gasteiger partial charge in [0.1, 0.15) is 5.01 Å². The van der Waals surface area contributed by atoms with Crippen molar-refractivity contribution in [2.45, 2.75) is 0 Å². The van der Waals surface area contributed by atoms with Crippen LogP contribution >= 0.6 is 11.3 Å². The Morgan fingerprint density at radius 3 is 2.59 bits per heavy atom. The fourth-order valence-electron chi connectivity index (χ4n) is 1.77. The molecule has 0 aliphatic carbocycles. The van der Waals surface area contributed by atoms with Gasteiger partial charge in [-0.25, -0.2) is 0 Å². The van der Waals surface area contributed by atoms with Gasteiger partial charge < -0.3 is 0 Å². The molecule has 1 N–H and O–H groups in total. The van der Waals surface area contributed by atoms with Gasteiger partial charge in [0.15, 0.2) is 0 Å². The highest BCUT2D eigenvalue weighted by atomic mass is 32.1. The number of hydrogen-bond donors (Lipinski definition) is 1. The van der Waals surface area contributed by atoms with Crippen molar-refractivity contribution in [2.75, 3.05) is 5.32 Å². The van der Waals surface area contributed by atoms with E-state index in [1.807, 2.05) is 42.5 Å². The summed E-state index contributed by atoms with van der Waals surface area (Å²) >= 11 is 1.32. The molecule has 0 spiro atoms. The van der Waals surface area contributed by atoms with Crippen molar-refractivity contribution in [2.24, 2.45) is 0 Å². The first-order valence-corrected chi connectivity index (χ1v) is 7.41. The minimum absolute atomic E-state index is 0.235. The van der Waals surface area contributed by atoms with Crippen molar-refractivity contribution < 1.29 is 4.79 Å². The molecule has 0 saturated carbocycles. The van der Waals surface area contributed by atoms with E-state index in [4.69, 9.17) is 0 Å². The summed E-state index contributed by atoms with van der Waals surface area (Å²) in [5.41, 5.74) is 1.89. The minimum atomic E-state index is -0.235. The smallest absolute Gasteiger partial charge is 0.250 e. The van der Waals surface area contributed by atoms with Gasteiger partial charge in [0, 0.05) is 24.0 Å². The standard InChI is InChI=1S/C16H12N4OS/c21-14(7-6-12-4-2-1-3-5-12)18-16-20-19-15(22-16)13-8-10-17-11-9-13/h1-11H,(H,18,20,21). The summed E-state index contributed by atoms with van der Waals surface area (Å²) in [6, 6.07) is 13.3. The maximum Gasteiger partial charge on any atom is 0.250 e. The number of aromatic nitrogens is 3. The first-order chi connectivity index (χ1) is 10.8. The van der Waals surface area contributed by atoms with E-state index in [2.05, 4.69) is 20.5 Å². The number of nitrogens with one attached hydrogen (secondary N) is 1. The average Bonchev–Trinajstić information content (AvgIpc) is 3.03. The molecule has 0 bridgehead atoms. The average molecular weight is 308 g/mol. The lowest BCUT2D eigenvalue weighted by Gasteiger charge is -1.95. The number of rotatable bonds is 4. The van der Waals surface area contributed by atoms with E-state index in [0.717, 1.165) is 16.1 Å². The van der Waals surface area contributed by atoms with Gasteiger partial charge in [-0.05, 0) is 23.8 Å². The highest BCUT2D eigenvalue weighted by molar-refractivity contribution is 7.18. The molecular weight excluding hydrogens is 296 g/mol. The third-order valence-electron chi connectivity index (χ3n) is 2.81. The van der Waals surface area contributed by atoms with E-state index < -0.39 is 0 Å². The summed E-state index contributed by atoms with van der Waals surface area (Å²) in [5, 5.41) is 11.9. The Morgan fingerprint density at radius 2 is 1.82 bits per heavy atom. The summed E-state index contributed by atoms with van der Waals surface area (Å²) in [4.78, 5) is 15.8. The number of amides is 1. The van der Waals surface area contributed by atoms with Crippen LogP contribution in [0.5, 0.6) is 0 Å². The van der Waals surface area contributed by atoms with E-state index >= 15 is 0 Å². The Bertz CT molecular complexity index is 784. The first-order valence-electron chi connectivity index (χ1n) is 6.59. The van der Waals surface area contributed by atoms with Crippen LogP contribution in [-0.4, -0.2) is 21.1 Å². The van der Waals surface area contributed by atoms with Crippen LogP contribution in [0.2, 0.25) is 0 Å². The van der Waals surface area contributed by atoms with Crippen LogP contribution in [0.25, 0.3) is 16.6 Å². The van der Waals surface area contributed by atoms with Crippen molar-refractivity contribution in [3.05, 3.63) is 66.5 Å². The fourth-order valence-corrected chi connectivity index (χ4v) is 2.52. The minimum Gasteiger partial charge on any atom is -0.297 e. The molecule has 0 atom stereocenters. The lowest BCUT2D eigenvalue weighted by Crippen LogP contribution is -2.07. The molecule has 22 heavy (non-hydrogen) atoms. The van der Waals surface area contributed by atoms with Gasteiger partial charge in [0.2, 0.25) is 11.0 Å². The Morgan fingerprint density at radius 1 is 1.05 bits per heavy atom. The number of anilines is 1. The van der Waals surface area contributed by atoms with Crippen molar-refractivity contribution in [1.82, 2.24) is 15.2 Å². The third kappa shape index (κ3) is 3.62. The highest BCUT2D eigenvalue weighted by Gasteiger charge is 2.07. The molecule has 0 fully saturated rings. The number of benzene rings is 1. The van der Waals surface area contributed by atoms with Crippen LogP contribution in [0.4, 0.5) is 5.13 Å². The Balaban J connectivity index is 1.65. The Labute approximate surface area is 131 Å². The van der Waals surface area contributed by atoms with Gasteiger partial charge in [-0.1, -0.05) is 41.7 Å². The number of carbonyl (C=O) groups is 1. The second kappa shape index (κ2) is 6.73. The van der Waals surface area contributed by atoms with E-state index in [1.54, 1.807) is 18.5 Å². The maximum atomic E-state index is 11.9. The number of nitrogens with zero attached hydrogens (tertiary/aromatic N) is 3. The second-order valence-corrected chi connectivity index (χ2v) is 5.36. The zero-order valence-electron chi connectivity index (χ0n) is 11.5. The molecule has 6 heteroatoms. The summed E-state index contributed by atoms with van der Waals surface area (Å²) < 4.78 is 0. The highest BCUT2D eigenvalue weighted by Crippen LogP contribution is 2.25. The number of hydrogen-bond acceptors (Lipinski definition) is 5. The van der Waals surface area contributed by atoms with Gasteiger partial charge in [-0.15, -0.1) is 10.2 Å². The van der Waals surface area contributed by atoms with E-state index in [9.17, 15) is 4.79 Å². The molecule has 5 nitrogen and oxygen atoms in total. The molecule has 0 saturated heterocycles. The molecular formula is C16H12N4OS. The van der Waals surface area contributed by atoms with E-state index in [-0.39, 0.29) is 5.91 Å². The largest absolute Gasteiger partial charge is 0.297 e. The molecule has 0 aliphatic rings. The summed E-state index contributed by atoms with van der Waals surface area (Å²) in [6.07, 6.45) is 6.61. The molecule has 0 radical (unpaired) electrons. The molecule has 0 unspecified atom stereocenters. The molecule has 108 valence electrons. The van der Waals surface area contributed by atoms with Crippen LogP contribution in [-0.2, 0) is 4.79 Å².